The van der Waals surface area contributed by atoms with Gasteiger partial charge in [-0.25, -0.2) is 0 Å². The van der Waals surface area contributed by atoms with Crippen molar-refractivity contribution in [2.24, 2.45) is 0 Å². The lowest BCUT2D eigenvalue weighted by Crippen LogP contribution is -2.59. The molecule has 0 bridgehead atoms. The monoisotopic (exact) mass is 300 g/mol. The zero-order valence-electron chi connectivity index (χ0n) is 11.4. The number of phenolic OH excluding ortho intramolecular Hbond substituents is 1. The van der Waals surface area contributed by atoms with Crippen LogP contribution in [0.5, 0.6) is 5.75 Å². The highest BCUT2D eigenvalue weighted by Crippen LogP contribution is 2.22. The Morgan fingerprint density at radius 1 is 1.05 bits per heavy atom. The number of hydrogen-bond acceptors (Lipinski definition) is 7. The fourth-order valence-corrected chi connectivity index (χ4v) is 2.21. The summed E-state index contributed by atoms with van der Waals surface area (Å²) in [6.45, 7) is -0.357. The highest BCUT2D eigenvalue weighted by molar-refractivity contribution is 5.31. The number of aliphatic hydroxyl groups excluding tert-OH is 4. The first kappa shape index (κ1) is 16.2. The Labute approximate surface area is 122 Å². The highest BCUT2D eigenvalue weighted by Gasteiger charge is 2.43. The molecule has 0 aliphatic carbocycles. The van der Waals surface area contributed by atoms with Crippen molar-refractivity contribution in [1.82, 2.24) is 0 Å². The average Bonchev–Trinajstić information content (AvgIpc) is 2.49. The van der Waals surface area contributed by atoms with Crippen LogP contribution >= 0.6 is 0 Å². The van der Waals surface area contributed by atoms with Crippen molar-refractivity contribution in [2.45, 2.75) is 37.1 Å². The second-order valence-electron chi connectivity index (χ2n) is 4.95. The van der Waals surface area contributed by atoms with E-state index in [0.717, 1.165) is 0 Å². The SMILES string of the molecule is OCC1OC(OCCc2ccccc2O)C(O)C(O)C1O. The molecule has 5 atom stereocenters. The molecular weight excluding hydrogens is 280 g/mol. The lowest BCUT2D eigenvalue weighted by molar-refractivity contribution is -0.300. The van der Waals surface area contributed by atoms with Gasteiger partial charge >= 0.3 is 0 Å². The predicted octanol–water partition coefficient (Wildman–Crippen LogP) is -1.25. The molecule has 118 valence electrons. The van der Waals surface area contributed by atoms with Gasteiger partial charge in [-0.05, 0) is 18.1 Å². The number of rotatable bonds is 5. The molecule has 0 radical (unpaired) electrons. The third-order valence-electron chi connectivity index (χ3n) is 3.49. The summed E-state index contributed by atoms with van der Waals surface area (Å²) in [4.78, 5) is 0. The summed E-state index contributed by atoms with van der Waals surface area (Å²) in [5.74, 6) is 0.148. The quantitative estimate of drug-likeness (QED) is 0.461. The molecule has 0 aromatic heterocycles. The minimum Gasteiger partial charge on any atom is -0.508 e. The zero-order chi connectivity index (χ0) is 15.4. The molecule has 21 heavy (non-hydrogen) atoms. The van der Waals surface area contributed by atoms with Gasteiger partial charge in [-0.15, -0.1) is 0 Å². The van der Waals surface area contributed by atoms with Gasteiger partial charge in [0.1, 0.15) is 30.2 Å². The highest BCUT2D eigenvalue weighted by atomic mass is 16.7. The molecule has 0 saturated carbocycles. The summed E-state index contributed by atoms with van der Waals surface area (Å²) in [5, 5.41) is 47.7. The number of para-hydroxylation sites is 1. The van der Waals surface area contributed by atoms with Gasteiger partial charge in [-0.3, -0.25) is 0 Å². The van der Waals surface area contributed by atoms with E-state index in [4.69, 9.17) is 14.6 Å². The second-order valence-corrected chi connectivity index (χ2v) is 4.95. The summed E-state index contributed by atoms with van der Waals surface area (Å²) in [5.41, 5.74) is 0.682. The van der Waals surface area contributed by atoms with Crippen LogP contribution in [0.1, 0.15) is 5.56 Å². The van der Waals surface area contributed by atoms with Gasteiger partial charge in [-0.1, -0.05) is 18.2 Å². The minimum atomic E-state index is -1.45. The molecule has 1 fully saturated rings. The fraction of sp³-hybridized carbons (Fsp3) is 0.571. The first-order valence-corrected chi connectivity index (χ1v) is 6.73. The molecule has 2 rings (SSSR count). The molecule has 1 aromatic rings. The molecule has 5 N–H and O–H groups in total. The molecule has 5 unspecified atom stereocenters. The van der Waals surface area contributed by atoms with E-state index in [9.17, 15) is 20.4 Å². The normalized spacial score (nSPS) is 33.0. The smallest absolute Gasteiger partial charge is 0.186 e. The lowest BCUT2D eigenvalue weighted by atomic mass is 9.99. The molecule has 0 spiro atoms. The van der Waals surface area contributed by atoms with Crippen molar-refractivity contribution in [3.8, 4) is 5.75 Å². The first-order chi connectivity index (χ1) is 10.0. The van der Waals surface area contributed by atoms with E-state index in [1.165, 1.54) is 0 Å². The Morgan fingerprint density at radius 2 is 1.76 bits per heavy atom. The number of aliphatic hydroxyl groups is 4. The van der Waals surface area contributed by atoms with Gasteiger partial charge in [0.2, 0.25) is 0 Å². The Hall–Kier alpha value is -1.22. The topological polar surface area (TPSA) is 120 Å². The Morgan fingerprint density at radius 3 is 2.43 bits per heavy atom. The molecular formula is C14H20O7. The maximum atomic E-state index is 9.78. The average molecular weight is 300 g/mol. The number of phenols is 1. The summed E-state index contributed by atoms with van der Waals surface area (Å²) in [6, 6.07) is 6.79. The Kier molecular flexibility index (Phi) is 5.51. The van der Waals surface area contributed by atoms with Crippen molar-refractivity contribution in [2.75, 3.05) is 13.2 Å². The van der Waals surface area contributed by atoms with E-state index in [2.05, 4.69) is 0 Å². The van der Waals surface area contributed by atoms with E-state index in [-0.39, 0.29) is 12.4 Å². The van der Waals surface area contributed by atoms with Crippen molar-refractivity contribution in [1.29, 1.82) is 0 Å². The predicted molar refractivity (Wildman–Crippen MR) is 71.5 cm³/mol. The van der Waals surface area contributed by atoms with Crippen LogP contribution in [0.2, 0.25) is 0 Å². The van der Waals surface area contributed by atoms with Crippen molar-refractivity contribution in [3.63, 3.8) is 0 Å². The molecule has 7 nitrogen and oxygen atoms in total. The molecule has 1 aliphatic rings. The third kappa shape index (κ3) is 3.70. The minimum absolute atomic E-state index is 0.139. The van der Waals surface area contributed by atoms with Gasteiger partial charge < -0.3 is 35.0 Å². The van der Waals surface area contributed by atoms with Crippen molar-refractivity contribution in [3.05, 3.63) is 29.8 Å². The Balaban J connectivity index is 1.89. The second kappa shape index (κ2) is 7.17. The van der Waals surface area contributed by atoms with Gasteiger partial charge in [0, 0.05) is 0 Å². The van der Waals surface area contributed by atoms with E-state index in [0.29, 0.717) is 12.0 Å². The van der Waals surface area contributed by atoms with E-state index in [1.54, 1.807) is 24.3 Å². The molecule has 7 heteroatoms. The van der Waals surface area contributed by atoms with Crippen LogP contribution in [0, 0.1) is 0 Å². The van der Waals surface area contributed by atoms with Gasteiger partial charge in [0.05, 0.1) is 13.2 Å². The van der Waals surface area contributed by atoms with Crippen LogP contribution in [0.15, 0.2) is 24.3 Å². The maximum Gasteiger partial charge on any atom is 0.186 e. The van der Waals surface area contributed by atoms with Crippen LogP contribution in [0.4, 0.5) is 0 Å². The Bertz CT molecular complexity index is 451. The standard InChI is InChI=1S/C14H20O7/c15-7-10-11(17)12(18)13(19)14(21-10)20-6-5-8-3-1-2-4-9(8)16/h1-4,10-19H,5-7H2. The molecule has 1 aliphatic heterocycles. The number of hydrogen-bond donors (Lipinski definition) is 5. The zero-order valence-corrected chi connectivity index (χ0v) is 11.4. The lowest BCUT2D eigenvalue weighted by Gasteiger charge is -2.39. The van der Waals surface area contributed by atoms with Gasteiger partial charge in [0.15, 0.2) is 6.29 Å². The van der Waals surface area contributed by atoms with Gasteiger partial charge in [-0.2, -0.15) is 0 Å². The van der Waals surface area contributed by atoms with E-state index >= 15 is 0 Å². The van der Waals surface area contributed by atoms with E-state index < -0.39 is 37.3 Å². The largest absolute Gasteiger partial charge is 0.508 e. The van der Waals surface area contributed by atoms with Gasteiger partial charge in [0.25, 0.3) is 0 Å². The fourth-order valence-electron chi connectivity index (χ4n) is 2.21. The third-order valence-corrected chi connectivity index (χ3v) is 3.49. The molecule has 1 heterocycles. The number of benzene rings is 1. The van der Waals surface area contributed by atoms with Crippen molar-refractivity contribution >= 4 is 0 Å². The molecule has 1 saturated heterocycles. The van der Waals surface area contributed by atoms with E-state index in [1.807, 2.05) is 0 Å². The van der Waals surface area contributed by atoms with Crippen LogP contribution in [0.3, 0.4) is 0 Å². The summed E-state index contributed by atoms with van der Waals surface area (Å²) < 4.78 is 10.5. The summed E-state index contributed by atoms with van der Waals surface area (Å²) >= 11 is 0. The van der Waals surface area contributed by atoms with Crippen molar-refractivity contribution < 1.29 is 35.0 Å². The number of aromatic hydroxyl groups is 1. The number of ether oxygens (including phenoxy) is 2. The van der Waals surface area contributed by atoms with Crippen LogP contribution in [-0.4, -0.2) is 69.5 Å². The van der Waals surface area contributed by atoms with Crippen LogP contribution in [0.25, 0.3) is 0 Å². The summed E-state index contributed by atoms with van der Waals surface area (Å²) in [7, 11) is 0. The first-order valence-electron chi connectivity index (χ1n) is 6.73. The van der Waals surface area contributed by atoms with Crippen LogP contribution in [-0.2, 0) is 15.9 Å². The van der Waals surface area contributed by atoms with Crippen LogP contribution < -0.4 is 0 Å². The molecule has 0 amide bonds. The molecule has 1 aromatic carbocycles. The maximum absolute atomic E-state index is 9.78. The summed E-state index contributed by atoms with van der Waals surface area (Å²) in [6.07, 6.45) is -6.01.